The lowest BCUT2D eigenvalue weighted by Gasteiger charge is -2.17. The highest BCUT2D eigenvalue weighted by Crippen LogP contribution is 2.42. The summed E-state index contributed by atoms with van der Waals surface area (Å²) in [5.74, 6) is 0.754. The van der Waals surface area contributed by atoms with E-state index < -0.39 is 76.8 Å². The standard InChI is InChI=1S/C24H30F2N10O8P2S2/c25-13-17(43-45(39)47)11(5-37)41-23(13)35-9-33-15-19(29-7-31-21(15)35)27-3-1-2-4-28-20-16-22(32-8-30-20)36(10-34-16)24-14(26)18(44-46(40)48)12(6-38)42-24/h1-2,7-14,17-18,23-24,37-38,45-46H,3-6H2,(H,39,47)(H,40,48)(H,27,29,31)(H,28,30,32)/b2-1+/t11?,12?,13-,14?,17-,18-,23?,24?/m1/s1. The number of aliphatic hydroxyl groups excluding tert-OH is 2. The van der Waals surface area contributed by atoms with Gasteiger partial charge < -0.3 is 44.3 Å². The fourth-order valence-electron chi connectivity index (χ4n) is 5.46. The number of imidazole rings is 2. The van der Waals surface area contributed by atoms with Gasteiger partial charge in [-0.25, -0.2) is 38.7 Å². The second kappa shape index (κ2) is 15.4. The molecule has 6 heterocycles. The molecule has 260 valence electrons. The Balaban J connectivity index is 1.07. The number of ether oxygens (including phenoxy) is 2. The molecule has 6 rings (SSSR count). The molecule has 0 aliphatic carbocycles. The SMILES string of the molecule is O=[PH](S)O[C@@H]1C(CO)OC(n2cnc3c(NC/C=C/CNc4ncnc5c4ncn5C4OC(CO)[C@@H](O[PH](O)=S)C4F)ncnc32)[C@@H]1F. The van der Waals surface area contributed by atoms with Gasteiger partial charge in [-0.2, -0.15) is 0 Å². The quantitative estimate of drug-likeness (QED) is 0.0603. The Labute approximate surface area is 281 Å². The van der Waals surface area contributed by atoms with Crippen LogP contribution in [0.4, 0.5) is 20.4 Å². The van der Waals surface area contributed by atoms with Gasteiger partial charge in [0.2, 0.25) is 7.23 Å². The van der Waals surface area contributed by atoms with Crippen LogP contribution in [0.5, 0.6) is 0 Å². The Morgan fingerprint density at radius 2 is 1.31 bits per heavy atom. The first-order valence-corrected chi connectivity index (χ1v) is 19.4. The van der Waals surface area contributed by atoms with Crippen LogP contribution in [-0.4, -0.2) is 117 Å². The number of hydrogen-bond donors (Lipinski definition) is 6. The lowest BCUT2D eigenvalue weighted by molar-refractivity contribution is -0.0430. The number of hydrogen-bond acceptors (Lipinski definition) is 16. The van der Waals surface area contributed by atoms with Crippen molar-refractivity contribution in [2.45, 2.75) is 49.2 Å². The van der Waals surface area contributed by atoms with Gasteiger partial charge in [-0.15, -0.1) is 0 Å². The Morgan fingerprint density at radius 3 is 1.73 bits per heavy atom. The zero-order chi connectivity index (χ0) is 33.9. The van der Waals surface area contributed by atoms with Crippen molar-refractivity contribution in [3.8, 4) is 0 Å². The van der Waals surface area contributed by atoms with Crippen LogP contribution in [0, 0.1) is 0 Å². The van der Waals surface area contributed by atoms with E-state index in [1.54, 1.807) is 0 Å². The number of fused-ring (bicyclic) bond motifs is 2. The normalized spacial score (nSPS) is 28.9. The molecule has 0 bridgehead atoms. The van der Waals surface area contributed by atoms with E-state index in [1.165, 1.54) is 34.4 Å². The highest BCUT2D eigenvalue weighted by molar-refractivity contribution is 8.39. The first-order chi connectivity index (χ1) is 23.2. The molecule has 18 nitrogen and oxygen atoms in total. The first-order valence-electron chi connectivity index (χ1n) is 14.3. The van der Waals surface area contributed by atoms with E-state index in [0.717, 1.165) is 0 Å². The van der Waals surface area contributed by atoms with Gasteiger partial charge in [0.05, 0.1) is 25.9 Å². The second-order valence-electron chi connectivity index (χ2n) is 10.4. The Morgan fingerprint density at radius 1 is 0.854 bits per heavy atom. The van der Waals surface area contributed by atoms with Crippen LogP contribution >= 0.6 is 26.6 Å². The minimum Gasteiger partial charge on any atom is -0.394 e. The molecule has 2 aliphatic rings. The molecule has 48 heavy (non-hydrogen) atoms. The molecule has 24 heteroatoms. The lowest BCUT2D eigenvalue weighted by Crippen LogP contribution is -2.32. The zero-order valence-electron chi connectivity index (χ0n) is 24.5. The number of nitrogens with one attached hydrogen (secondary N) is 2. The number of aliphatic hydroxyl groups is 2. The minimum atomic E-state index is -2.79. The molecule has 0 amide bonds. The van der Waals surface area contributed by atoms with Crippen LogP contribution in [0.25, 0.3) is 22.3 Å². The highest BCUT2D eigenvalue weighted by Gasteiger charge is 2.49. The highest BCUT2D eigenvalue weighted by atomic mass is 32.7. The third-order valence-corrected chi connectivity index (χ3v) is 9.13. The Hall–Kier alpha value is -2.75. The van der Waals surface area contributed by atoms with Crippen molar-refractivity contribution in [3.05, 3.63) is 37.5 Å². The number of rotatable bonds is 14. The van der Waals surface area contributed by atoms with Crippen molar-refractivity contribution >= 4 is 72.4 Å². The van der Waals surface area contributed by atoms with Crippen LogP contribution in [0.3, 0.4) is 0 Å². The average molecular weight is 751 g/mol. The summed E-state index contributed by atoms with van der Waals surface area (Å²) >= 11 is 8.40. The summed E-state index contributed by atoms with van der Waals surface area (Å²) < 4.78 is 66.2. The molecule has 2 saturated heterocycles. The molecule has 10 atom stereocenters. The Kier molecular flexibility index (Phi) is 11.3. The average Bonchev–Trinajstić information content (AvgIpc) is 3.83. The molecular formula is C24H30F2N10O8P2S2. The molecule has 7 unspecified atom stereocenters. The Bertz CT molecular complexity index is 1700. The van der Waals surface area contributed by atoms with Crippen molar-refractivity contribution in [1.29, 1.82) is 0 Å². The number of halogens is 2. The van der Waals surface area contributed by atoms with Crippen LogP contribution in [0.2, 0.25) is 0 Å². The predicted octanol–water partition coefficient (Wildman–Crippen LogP) is 1.09. The monoisotopic (exact) mass is 750 g/mol. The fraction of sp³-hybridized carbons (Fsp3) is 0.500. The lowest BCUT2D eigenvalue weighted by atomic mass is 10.1. The number of alkyl halides is 2. The van der Waals surface area contributed by atoms with Crippen molar-refractivity contribution < 1.29 is 47.0 Å². The van der Waals surface area contributed by atoms with E-state index in [-0.39, 0.29) is 11.3 Å². The van der Waals surface area contributed by atoms with Gasteiger partial charge in [-0.3, -0.25) is 13.7 Å². The van der Waals surface area contributed by atoms with Gasteiger partial charge in [0.15, 0.2) is 65.9 Å². The van der Waals surface area contributed by atoms with E-state index in [2.05, 4.69) is 64.6 Å². The third-order valence-electron chi connectivity index (χ3n) is 7.57. The topological polar surface area (TPSA) is 226 Å². The second-order valence-corrected chi connectivity index (χ2v) is 14.1. The van der Waals surface area contributed by atoms with E-state index >= 15 is 8.78 Å². The van der Waals surface area contributed by atoms with Gasteiger partial charge in [0, 0.05) is 13.1 Å². The predicted molar refractivity (Wildman–Crippen MR) is 174 cm³/mol. The van der Waals surface area contributed by atoms with E-state index in [0.29, 0.717) is 35.8 Å². The van der Waals surface area contributed by atoms with Crippen LogP contribution in [0.1, 0.15) is 12.5 Å². The summed E-state index contributed by atoms with van der Waals surface area (Å²) in [7, 11) is -5.44. The van der Waals surface area contributed by atoms with E-state index in [9.17, 15) is 19.7 Å². The summed E-state index contributed by atoms with van der Waals surface area (Å²) in [5, 5.41) is 25.5. The molecule has 0 aromatic carbocycles. The summed E-state index contributed by atoms with van der Waals surface area (Å²) in [5.41, 5.74) is 1.24. The zero-order valence-corrected chi connectivity index (χ0v) is 28.2. The third kappa shape index (κ3) is 7.10. The smallest absolute Gasteiger partial charge is 0.243 e. The van der Waals surface area contributed by atoms with Crippen LogP contribution in [0.15, 0.2) is 37.5 Å². The minimum absolute atomic E-state index is 0.269. The molecule has 2 aliphatic heterocycles. The number of nitrogens with zero attached hydrogens (tertiary/aromatic N) is 8. The first kappa shape index (κ1) is 35.1. The van der Waals surface area contributed by atoms with Crippen LogP contribution in [-0.2, 0) is 34.9 Å². The van der Waals surface area contributed by atoms with Crippen molar-refractivity contribution in [2.75, 3.05) is 36.9 Å². The molecule has 2 fully saturated rings. The maximum Gasteiger partial charge on any atom is 0.243 e. The van der Waals surface area contributed by atoms with Gasteiger partial charge in [0.1, 0.15) is 37.1 Å². The van der Waals surface area contributed by atoms with Crippen molar-refractivity contribution in [2.24, 2.45) is 0 Å². The van der Waals surface area contributed by atoms with Gasteiger partial charge in [-0.1, -0.05) is 24.4 Å². The summed E-state index contributed by atoms with van der Waals surface area (Å²) in [6, 6.07) is 0. The molecule has 0 radical (unpaired) electrons. The molecule has 4 aromatic heterocycles. The maximum absolute atomic E-state index is 15.3. The van der Waals surface area contributed by atoms with Crippen molar-refractivity contribution in [3.63, 3.8) is 0 Å². The van der Waals surface area contributed by atoms with Gasteiger partial charge in [0.25, 0.3) is 0 Å². The summed E-state index contributed by atoms with van der Waals surface area (Å²) in [6.07, 6.45) is -1.74. The van der Waals surface area contributed by atoms with E-state index in [1.807, 2.05) is 12.2 Å². The van der Waals surface area contributed by atoms with Gasteiger partial charge in [-0.05, 0) is 11.8 Å². The molecule has 0 saturated carbocycles. The van der Waals surface area contributed by atoms with Crippen molar-refractivity contribution in [1.82, 2.24) is 39.0 Å². The number of thiol groups is 1. The maximum atomic E-state index is 15.3. The van der Waals surface area contributed by atoms with E-state index in [4.69, 9.17) is 18.5 Å². The molecule has 5 N–H and O–H groups in total. The number of anilines is 2. The fourth-order valence-corrected chi connectivity index (χ4v) is 7.18. The molecular weight excluding hydrogens is 720 g/mol. The van der Waals surface area contributed by atoms with Crippen LogP contribution < -0.4 is 10.6 Å². The molecule has 0 spiro atoms. The largest absolute Gasteiger partial charge is 0.394 e. The summed E-state index contributed by atoms with van der Waals surface area (Å²) in [4.78, 5) is 35.0. The van der Waals surface area contributed by atoms with Gasteiger partial charge >= 0.3 is 0 Å². The molecule has 4 aromatic rings. The number of aromatic nitrogens is 8. The summed E-state index contributed by atoms with van der Waals surface area (Å²) in [6.45, 7) is -0.433.